The Morgan fingerprint density at radius 3 is 2.45 bits per heavy atom. The molecule has 0 aliphatic rings. The zero-order valence-corrected chi connectivity index (χ0v) is 13.6. The molecule has 5 nitrogen and oxygen atoms in total. The van der Waals surface area contributed by atoms with Crippen LogP contribution >= 0.6 is 0 Å². The van der Waals surface area contributed by atoms with E-state index in [1.165, 1.54) is 0 Å². The van der Waals surface area contributed by atoms with E-state index >= 15 is 0 Å². The minimum Gasteiger partial charge on any atom is -0.387 e. The highest BCUT2D eigenvalue weighted by molar-refractivity contribution is 5.95. The van der Waals surface area contributed by atoms with Crippen LogP contribution in [0.3, 0.4) is 0 Å². The SMILES string of the molecule is CCN(CC(O)c1ccc(C)cc1)C(=O)c1cnn(C)c1C. The molecule has 0 spiro atoms. The first-order valence-corrected chi connectivity index (χ1v) is 7.46. The molecule has 5 heteroatoms. The lowest BCUT2D eigenvalue weighted by atomic mass is 10.1. The summed E-state index contributed by atoms with van der Waals surface area (Å²) in [6.07, 6.45) is 0.889. The third-order valence-electron chi connectivity index (χ3n) is 3.99. The molecular formula is C17H23N3O2. The molecule has 22 heavy (non-hydrogen) atoms. The quantitative estimate of drug-likeness (QED) is 0.921. The molecular weight excluding hydrogens is 278 g/mol. The fourth-order valence-corrected chi connectivity index (χ4v) is 2.34. The van der Waals surface area contributed by atoms with Crippen molar-refractivity contribution in [1.82, 2.24) is 14.7 Å². The van der Waals surface area contributed by atoms with Gasteiger partial charge < -0.3 is 10.0 Å². The Kier molecular flexibility index (Phi) is 4.98. The Morgan fingerprint density at radius 1 is 1.32 bits per heavy atom. The molecule has 0 aliphatic heterocycles. The third-order valence-corrected chi connectivity index (χ3v) is 3.99. The van der Waals surface area contributed by atoms with Crippen LogP contribution in [-0.4, -0.2) is 38.8 Å². The van der Waals surface area contributed by atoms with Crippen LogP contribution in [0.1, 0.15) is 40.2 Å². The van der Waals surface area contributed by atoms with Crippen LogP contribution in [-0.2, 0) is 7.05 Å². The number of rotatable bonds is 5. The first-order valence-electron chi connectivity index (χ1n) is 7.46. The van der Waals surface area contributed by atoms with Crippen LogP contribution in [0.2, 0.25) is 0 Å². The second-order valence-electron chi connectivity index (χ2n) is 5.54. The number of aliphatic hydroxyl groups excluding tert-OH is 1. The lowest BCUT2D eigenvalue weighted by Crippen LogP contribution is -2.34. The van der Waals surface area contributed by atoms with Crippen LogP contribution in [0.25, 0.3) is 0 Å². The van der Waals surface area contributed by atoms with E-state index in [-0.39, 0.29) is 12.5 Å². The standard InChI is InChI=1S/C17H23N3O2/c1-5-20(17(22)15-10-18-19(4)13(15)3)11-16(21)14-8-6-12(2)7-9-14/h6-10,16,21H,5,11H2,1-4H3. The number of aliphatic hydroxyl groups is 1. The smallest absolute Gasteiger partial charge is 0.257 e. The maximum Gasteiger partial charge on any atom is 0.257 e. The summed E-state index contributed by atoms with van der Waals surface area (Å²) in [7, 11) is 1.81. The topological polar surface area (TPSA) is 58.4 Å². The molecule has 0 saturated heterocycles. The summed E-state index contributed by atoms with van der Waals surface area (Å²) in [5.41, 5.74) is 3.37. The van der Waals surface area contributed by atoms with Crippen molar-refractivity contribution >= 4 is 5.91 Å². The number of hydrogen-bond acceptors (Lipinski definition) is 3. The molecule has 1 aromatic heterocycles. The third kappa shape index (κ3) is 3.36. The van der Waals surface area contributed by atoms with E-state index in [1.807, 2.05) is 52.1 Å². The molecule has 1 N–H and O–H groups in total. The molecule has 1 unspecified atom stereocenters. The van der Waals surface area contributed by atoms with Crippen molar-refractivity contribution in [1.29, 1.82) is 0 Å². The predicted molar refractivity (Wildman–Crippen MR) is 85.7 cm³/mol. The first-order chi connectivity index (χ1) is 10.4. The highest BCUT2D eigenvalue weighted by Crippen LogP contribution is 2.17. The molecule has 0 radical (unpaired) electrons. The number of likely N-dealkylation sites (N-methyl/N-ethyl adjacent to an activating group) is 1. The summed E-state index contributed by atoms with van der Waals surface area (Å²) in [6, 6.07) is 7.71. The molecule has 1 aromatic carbocycles. The molecule has 2 aromatic rings. The van der Waals surface area contributed by atoms with E-state index < -0.39 is 6.10 Å². The van der Waals surface area contributed by atoms with Crippen molar-refractivity contribution in [3.63, 3.8) is 0 Å². The number of hydrogen-bond donors (Lipinski definition) is 1. The number of aryl methyl sites for hydroxylation is 2. The average molecular weight is 301 g/mol. The second-order valence-corrected chi connectivity index (χ2v) is 5.54. The first kappa shape index (κ1) is 16.2. The molecule has 0 fully saturated rings. The summed E-state index contributed by atoms with van der Waals surface area (Å²) < 4.78 is 1.68. The monoisotopic (exact) mass is 301 g/mol. The van der Waals surface area contributed by atoms with Gasteiger partial charge in [-0.2, -0.15) is 5.10 Å². The van der Waals surface area contributed by atoms with Gasteiger partial charge in [-0.3, -0.25) is 9.48 Å². The predicted octanol–water partition coefficient (Wildman–Crippen LogP) is 2.23. The number of carbonyl (C=O) groups excluding carboxylic acids is 1. The van der Waals surface area contributed by atoms with Gasteiger partial charge in [-0.25, -0.2) is 0 Å². The van der Waals surface area contributed by atoms with E-state index in [0.717, 1.165) is 16.8 Å². The van der Waals surface area contributed by atoms with Crippen molar-refractivity contribution in [3.05, 3.63) is 52.8 Å². The van der Waals surface area contributed by atoms with Gasteiger partial charge in [-0.15, -0.1) is 0 Å². The number of benzene rings is 1. The van der Waals surface area contributed by atoms with Crippen molar-refractivity contribution in [2.45, 2.75) is 26.9 Å². The summed E-state index contributed by atoms with van der Waals surface area (Å²) >= 11 is 0. The summed E-state index contributed by atoms with van der Waals surface area (Å²) in [4.78, 5) is 14.2. The van der Waals surface area contributed by atoms with Gasteiger partial charge in [-0.1, -0.05) is 29.8 Å². The molecule has 0 aliphatic carbocycles. The van der Waals surface area contributed by atoms with E-state index in [2.05, 4.69) is 5.10 Å². The second kappa shape index (κ2) is 6.75. The Morgan fingerprint density at radius 2 is 1.95 bits per heavy atom. The molecule has 0 saturated carbocycles. The van der Waals surface area contributed by atoms with Crippen LogP contribution in [0, 0.1) is 13.8 Å². The highest BCUT2D eigenvalue weighted by Gasteiger charge is 2.21. The highest BCUT2D eigenvalue weighted by atomic mass is 16.3. The number of nitrogens with zero attached hydrogens (tertiary/aromatic N) is 3. The van der Waals surface area contributed by atoms with Gasteiger partial charge in [0.05, 0.1) is 24.4 Å². The lowest BCUT2D eigenvalue weighted by molar-refractivity contribution is 0.0634. The maximum absolute atomic E-state index is 12.6. The Bertz CT molecular complexity index is 646. The minimum atomic E-state index is -0.693. The van der Waals surface area contributed by atoms with E-state index in [4.69, 9.17) is 0 Å². The van der Waals surface area contributed by atoms with E-state index in [1.54, 1.807) is 15.8 Å². The Labute approximate surface area is 131 Å². The van der Waals surface area contributed by atoms with Crippen LogP contribution in [0.15, 0.2) is 30.5 Å². The van der Waals surface area contributed by atoms with Crippen molar-refractivity contribution in [2.24, 2.45) is 7.05 Å². The van der Waals surface area contributed by atoms with Gasteiger partial charge in [0, 0.05) is 19.3 Å². The minimum absolute atomic E-state index is 0.0979. The zero-order valence-electron chi connectivity index (χ0n) is 13.6. The van der Waals surface area contributed by atoms with E-state index in [0.29, 0.717) is 12.1 Å². The average Bonchev–Trinajstić information content (AvgIpc) is 2.84. The fraction of sp³-hybridized carbons (Fsp3) is 0.412. The maximum atomic E-state index is 12.6. The number of amides is 1. The normalized spacial score (nSPS) is 12.2. The van der Waals surface area contributed by atoms with Crippen LogP contribution in [0.4, 0.5) is 0 Å². The van der Waals surface area contributed by atoms with Crippen molar-refractivity contribution in [2.75, 3.05) is 13.1 Å². The van der Waals surface area contributed by atoms with Gasteiger partial charge in [0.2, 0.25) is 0 Å². The molecule has 0 bridgehead atoms. The molecule has 1 amide bonds. The van der Waals surface area contributed by atoms with Gasteiger partial charge in [0.1, 0.15) is 0 Å². The largest absolute Gasteiger partial charge is 0.387 e. The van der Waals surface area contributed by atoms with Gasteiger partial charge >= 0.3 is 0 Å². The van der Waals surface area contributed by atoms with Crippen LogP contribution < -0.4 is 0 Å². The van der Waals surface area contributed by atoms with Crippen molar-refractivity contribution in [3.8, 4) is 0 Å². The lowest BCUT2D eigenvalue weighted by Gasteiger charge is -2.24. The molecule has 2 rings (SSSR count). The number of carbonyl (C=O) groups is 1. The summed E-state index contributed by atoms with van der Waals surface area (Å²) in [5, 5.41) is 14.5. The zero-order chi connectivity index (χ0) is 16.3. The summed E-state index contributed by atoms with van der Waals surface area (Å²) in [6.45, 7) is 6.59. The van der Waals surface area contributed by atoms with Crippen LogP contribution in [0.5, 0.6) is 0 Å². The Hall–Kier alpha value is -2.14. The van der Waals surface area contributed by atoms with Gasteiger partial charge in [0.25, 0.3) is 5.91 Å². The number of aromatic nitrogens is 2. The van der Waals surface area contributed by atoms with Gasteiger partial charge in [-0.05, 0) is 26.3 Å². The molecule has 1 atom stereocenters. The van der Waals surface area contributed by atoms with Crippen molar-refractivity contribution < 1.29 is 9.90 Å². The molecule has 1 heterocycles. The Balaban J connectivity index is 2.13. The molecule has 118 valence electrons. The van der Waals surface area contributed by atoms with E-state index in [9.17, 15) is 9.90 Å². The summed E-state index contributed by atoms with van der Waals surface area (Å²) in [5.74, 6) is -0.0979. The fourth-order valence-electron chi connectivity index (χ4n) is 2.34. The van der Waals surface area contributed by atoms with Gasteiger partial charge in [0.15, 0.2) is 0 Å².